The van der Waals surface area contributed by atoms with Gasteiger partial charge in [-0.2, -0.15) is 0 Å². The minimum Gasteiger partial charge on any atom is -0.457 e. The van der Waals surface area contributed by atoms with Gasteiger partial charge in [0.15, 0.2) is 0 Å². The average molecular weight is 228 g/mol. The number of benzene rings is 2. The van der Waals surface area contributed by atoms with Crippen molar-refractivity contribution in [3.8, 4) is 11.5 Å². The Hall–Kier alpha value is -1.80. The number of hydrogen-bond donors (Lipinski definition) is 1. The fraction of sp³-hybridized carbons (Fsp3) is 0.200. The minimum atomic E-state index is 0.0592. The Balaban J connectivity index is 2.25. The van der Waals surface area contributed by atoms with Gasteiger partial charge in [-0.05, 0) is 42.7 Å². The zero-order valence-corrected chi connectivity index (χ0v) is 10.1. The molecular weight excluding hydrogens is 212 g/mol. The summed E-state index contributed by atoms with van der Waals surface area (Å²) in [5.74, 6) is 1.70. The van der Waals surface area contributed by atoms with E-state index in [2.05, 4.69) is 0 Å². The van der Waals surface area contributed by atoms with E-state index in [0.717, 1.165) is 28.2 Å². The highest BCUT2D eigenvalue weighted by Gasteiger charge is 2.04. The second kappa shape index (κ2) is 5.02. The molecule has 0 bridgehead atoms. The Morgan fingerprint density at radius 2 is 1.53 bits per heavy atom. The van der Waals surface area contributed by atoms with E-state index < -0.39 is 0 Å². The van der Waals surface area contributed by atoms with Gasteiger partial charge in [0.05, 0.1) is 6.61 Å². The molecule has 2 aromatic carbocycles. The van der Waals surface area contributed by atoms with Crippen LogP contribution in [0.4, 0.5) is 0 Å². The van der Waals surface area contributed by atoms with Crippen molar-refractivity contribution in [1.82, 2.24) is 0 Å². The predicted octanol–water partition coefficient (Wildman–Crippen LogP) is 3.59. The molecule has 0 aromatic heterocycles. The topological polar surface area (TPSA) is 29.5 Å². The molecule has 17 heavy (non-hydrogen) atoms. The summed E-state index contributed by atoms with van der Waals surface area (Å²) in [6.07, 6.45) is 0. The lowest BCUT2D eigenvalue weighted by Crippen LogP contribution is -1.91. The van der Waals surface area contributed by atoms with E-state index in [0.29, 0.717) is 0 Å². The summed E-state index contributed by atoms with van der Waals surface area (Å²) < 4.78 is 5.86. The minimum absolute atomic E-state index is 0.0592. The molecule has 0 spiro atoms. The van der Waals surface area contributed by atoms with Gasteiger partial charge in [-0.25, -0.2) is 0 Å². The molecular formula is C15H16O2. The molecule has 0 saturated carbocycles. The normalized spacial score (nSPS) is 10.3. The lowest BCUT2D eigenvalue weighted by atomic mass is 10.1. The summed E-state index contributed by atoms with van der Waals surface area (Å²) in [6.45, 7) is 4.12. The monoisotopic (exact) mass is 228 g/mol. The van der Waals surface area contributed by atoms with E-state index in [1.54, 1.807) is 0 Å². The summed E-state index contributed by atoms with van der Waals surface area (Å²) >= 11 is 0. The van der Waals surface area contributed by atoms with E-state index >= 15 is 0 Å². The maximum absolute atomic E-state index is 8.97. The Bertz CT molecular complexity index is 481. The van der Waals surface area contributed by atoms with Crippen molar-refractivity contribution < 1.29 is 9.84 Å². The van der Waals surface area contributed by atoms with Crippen molar-refractivity contribution >= 4 is 0 Å². The molecule has 0 fully saturated rings. The van der Waals surface area contributed by atoms with Crippen LogP contribution >= 0.6 is 0 Å². The smallest absolute Gasteiger partial charge is 0.133 e. The average Bonchev–Trinajstić information content (AvgIpc) is 2.35. The van der Waals surface area contributed by atoms with Crippen LogP contribution in [0.25, 0.3) is 0 Å². The van der Waals surface area contributed by atoms with E-state index in [1.165, 1.54) is 0 Å². The van der Waals surface area contributed by atoms with Crippen LogP contribution in [-0.2, 0) is 6.61 Å². The zero-order valence-electron chi connectivity index (χ0n) is 10.1. The van der Waals surface area contributed by atoms with Crippen molar-refractivity contribution in [3.05, 3.63) is 59.2 Å². The summed E-state index contributed by atoms with van der Waals surface area (Å²) in [7, 11) is 0. The number of aliphatic hydroxyl groups excluding tert-OH is 1. The van der Waals surface area contributed by atoms with Crippen LogP contribution in [0.3, 0.4) is 0 Å². The summed E-state index contributed by atoms with van der Waals surface area (Å²) in [4.78, 5) is 0. The van der Waals surface area contributed by atoms with Crippen molar-refractivity contribution in [3.63, 3.8) is 0 Å². The Morgan fingerprint density at radius 3 is 2.06 bits per heavy atom. The van der Waals surface area contributed by atoms with Gasteiger partial charge in [0, 0.05) is 0 Å². The number of ether oxygens (including phenoxy) is 1. The lowest BCUT2D eigenvalue weighted by Gasteiger charge is -2.11. The van der Waals surface area contributed by atoms with Gasteiger partial charge in [0.25, 0.3) is 0 Å². The molecule has 2 rings (SSSR count). The zero-order chi connectivity index (χ0) is 12.3. The third-order valence-corrected chi connectivity index (χ3v) is 2.73. The highest BCUT2D eigenvalue weighted by atomic mass is 16.5. The van der Waals surface area contributed by atoms with Crippen molar-refractivity contribution in [2.75, 3.05) is 0 Å². The van der Waals surface area contributed by atoms with E-state index in [9.17, 15) is 0 Å². The van der Waals surface area contributed by atoms with Crippen LogP contribution in [0.5, 0.6) is 11.5 Å². The van der Waals surface area contributed by atoms with Crippen LogP contribution in [0.1, 0.15) is 16.7 Å². The molecule has 2 aromatic rings. The molecule has 0 saturated heterocycles. The van der Waals surface area contributed by atoms with Gasteiger partial charge in [-0.1, -0.05) is 30.3 Å². The molecule has 0 aliphatic carbocycles. The van der Waals surface area contributed by atoms with Gasteiger partial charge in [0.1, 0.15) is 11.5 Å². The largest absolute Gasteiger partial charge is 0.457 e. The van der Waals surface area contributed by atoms with Gasteiger partial charge in [-0.15, -0.1) is 0 Å². The molecule has 88 valence electrons. The molecule has 0 radical (unpaired) electrons. The van der Waals surface area contributed by atoms with Gasteiger partial charge >= 0.3 is 0 Å². The number of hydrogen-bond acceptors (Lipinski definition) is 2. The fourth-order valence-electron chi connectivity index (χ4n) is 1.74. The maximum Gasteiger partial charge on any atom is 0.133 e. The molecule has 1 N–H and O–H groups in total. The molecule has 0 aliphatic heterocycles. The van der Waals surface area contributed by atoms with E-state index in [-0.39, 0.29) is 6.61 Å². The number of aliphatic hydroxyl groups is 1. The first kappa shape index (κ1) is 11.7. The second-order valence-corrected chi connectivity index (χ2v) is 4.13. The SMILES string of the molecule is Cc1cccc(C)c1Oc1ccc(CO)cc1. The van der Waals surface area contributed by atoms with Crippen molar-refractivity contribution in [1.29, 1.82) is 0 Å². The Kier molecular flexibility index (Phi) is 3.45. The quantitative estimate of drug-likeness (QED) is 0.870. The summed E-state index contributed by atoms with van der Waals surface area (Å²) in [5, 5.41) is 8.97. The number of para-hydroxylation sites is 1. The van der Waals surface area contributed by atoms with Crippen molar-refractivity contribution in [2.45, 2.75) is 20.5 Å². The molecule has 0 atom stereocenters. The van der Waals surface area contributed by atoms with Crippen LogP contribution in [0, 0.1) is 13.8 Å². The standard InChI is InChI=1S/C15H16O2/c1-11-4-3-5-12(2)15(11)17-14-8-6-13(10-16)7-9-14/h3-9,16H,10H2,1-2H3. The first-order valence-electron chi connectivity index (χ1n) is 5.64. The highest BCUT2D eigenvalue weighted by molar-refractivity contribution is 5.43. The first-order valence-corrected chi connectivity index (χ1v) is 5.64. The molecule has 0 unspecified atom stereocenters. The van der Waals surface area contributed by atoms with Gasteiger partial charge in [-0.3, -0.25) is 0 Å². The third kappa shape index (κ3) is 2.66. The summed E-state index contributed by atoms with van der Waals surface area (Å²) in [6, 6.07) is 13.6. The van der Waals surface area contributed by atoms with Crippen molar-refractivity contribution in [2.24, 2.45) is 0 Å². The number of rotatable bonds is 3. The van der Waals surface area contributed by atoms with E-state index in [4.69, 9.17) is 9.84 Å². The van der Waals surface area contributed by atoms with E-state index in [1.807, 2.05) is 56.3 Å². The molecule has 0 amide bonds. The molecule has 0 heterocycles. The Labute approximate surface area is 101 Å². The fourth-order valence-corrected chi connectivity index (χ4v) is 1.74. The van der Waals surface area contributed by atoms with Crippen LogP contribution in [0.2, 0.25) is 0 Å². The van der Waals surface area contributed by atoms with Crippen LogP contribution in [0.15, 0.2) is 42.5 Å². The molecule has 2 heteroatoms. The maximum atomic E-state index is 8.97. The predicted molar refractivity (Wildman–Crippen MR) is 68.4 cm³/mol. The Morgan fingerprint density at radius 1 is 0.941 bits per heavy atom. The van der Waals surface area contributed by atoms with Crippen LogP contribution < -0.4 is 4.74 Å². The molecule has 0 aliphatic rings. The highest BCUT2D eigenvalue weighted by Crippen LogP contribution is 2.28. The number of aryl methyl sites for hydroxylation is 2. The summed E-state index contributed by atoms with van der Waals surface area (Å²) in [5.41, 5.74) is 3.13. The second-order valence-electron chi connectivity index (χ2n) is 4.13. The lowest BCUT2D eigenvalue weighted by molar-refractivity contribution is 0.281. The van der Waals surface area contributed by atoms with Gasteiger partial charge in [0.2, 0.25) is 0 Å². The van der Waals surface area contributed by atoms with Crippen LogP contribution in [-0.4, -0.2) is 5.11 Å². The van der Waals surface area contributed by atoms with Gasteiger partial charge < -0.3 is 9.84 Å². The third-order valence-electron chi connectivity index (χ3n) is 2.73. The first-order chi connectivity index (χ1) is 8.20. The molecule has 2 nitrogen and oxygen atoms in total.